The van der Waals surface area contributed by atoms with Crippen LogP contribution in [0.5, 0.6) is 0 Å². The summed E-state index contributed by atoms with van der Waals surface area (Å²) >= 11 is 5.58. The van der Waals surface area contributed by atoms with Gasteiger partial charge in [-0.15, -0.1) is 5.10 Å². The second-order valence-electron chi connectivity index (χ2n) is 3.58. The van der Waals surface area contributed by atoms with Crippen molar-refractivity contribution in [3.8, 4) is 0 Å². The fourth-order valence-electron chi connectivity index (χ4n) is 1.91. The van der Waals surface area contributed by atoms with E-state index >= 15 is 0 Å². The third kappa shape index (κ3) is 2.21. The van der Waals surface area contributed by atoms with Crippen molar-refractivity contribution in [3.05, 3.63) is 11.2 Å². The van der Waals surface area contributed by atoms with E-state index in [4.69, 9.17) is 16.0 Å². The molecule has 4 heteroatoms. The SMILES string of the molecule is Clc1nnc(C2CCCCCC2)o1. The minimum absolute atomic E-state index is 0.166. The van der Waals surface area contributed by atoms with Gasteiger partial charge in [0.25, 0.3) is 0 Å². The molecular weight excluding hydrogens is 188 g/mol. The molecule has 1 aliphatic carbocycles. The van der Waals surface area contributed by atoms with Gasteiger partial charge in [-0.05, 0) is 24.4 Å². The summed E-state index contributed by atoms with van der Waals surface area (Å²) in [5.74, 6) is 1.18. The first kappa shape index (κ1) is 9.00. The van der Waals surface area contributed by atoms with Crippen molar-refractivity contribution in [2.45, 2.75) is 44.4 Å². The van der Waals surface area contributed by atoms with Crippen molar-refractivity contribution in [2.75, 3.05) is 0 Å². The zero-order valence-electron chi connectivity index (χ0n) is 7.50. The highest BCUT2D eigenvalue weighted by Gasteiger charge is 2.19. The second kappa shape index (κ2) is 4.09. The number of rotatable bonds is 1. The Labute approximate surface area is 82.5 Å². The highest BCUT2D eigenvalue weighted by atomic mass is 35.5. The van der Waals surface area contributed by atoms with Crippen molar-refractivity contribution < 1.29 is 4.42 Å². The topological polar surface area (TPSA) is 38.9 Å². The normalized spacial score (nSPS) is 20.1. The highest BCUT2D eigenvalue weighted by molar-refractivity contribution is 6.27. The molecule has 0 spiro atoms. The summed E-state index contributed by atoms with van der Waals surface area (Å²) in [6.45, 7) is 0. The Hall–Kier alpha value is -0.570. The molecule has 1 aliphatic rings. The zero-order valence-corrected chi connectivity index (χ0v) is 8.26. The largest absolute Gasteiger partial charge is 0.412 e. The lowest BCUT2D eigenvalue weighted by Crippen LogP contribution is -1.97. The first-order valence-electron chi connectivity index (χ1n) is 4.85. The van der Waals surface area contributed by atoms with Crippen LogP contribution in [0.25, 0.3) is 0 Å². The lowest BCUT2D eigenvalue weighted by molar-refractivity contribution is 0.420. The van der Waals surface area contributed by atoms with Gasteiger partial charge in [0.05, 0.1) is 0 Å². The first-order chi connectivity index (χ1) is 6.36. The summed E-state index contributed by atoms with van der Waals surface area (Å²) in [6, 6.07) is 0. The van der Waals surface area contributed by atoms with Crippen LogP contribution in [0.15, 0.2) is 4.42 Å². The average Bonchev–Trinajstić information content (AvgIpc) is 2.43. The molecule has 0 unspecified atom stereocenters. The summed E-state index contributed by atoms with van der Waals surface area (Å²) in [4.78, 5) is 0. The van der Waals surface area contributed by atoms with Gasteiger partial charge in [0.1, 0.15) is 0 Å². The summed E-state index contributed by atoms with van der Waals surface area (Å²) in [5, 5.41) is 7.77. The van der Waals surface area contributed by atoms with E-state index in [1.807, 2.05) is 0 Å². The molecule has 0 saturated heterocycles. The standard InChI is InChI=1S/C9H13ClN2O/c10-9-12-11-8(13-9)7-5-3-1-2-4-6-7/h7H,1-6H2. The Morgan fingerprint density at radius 1 is 1.08 bits per heavy atom. The van der Waals surface area contributed by atoms with Gasteiger partial charge in [-0.3, -0.25) is 0 Å². The van der Waals surface area contributed by atoms with E-state index in [-0.39, 0.29) is 5.35 Å². The molecule has 0 aromatic carbocycles. The predicted molar refractivity (Wildman–Crippen MR) is 49.8 cm³/mol. The quantitative estimate of drug-likeness (QED) is 0.654. The van der Waals surface area contributed by atoms with Crippen LogP contribution in [0.1, 0.15) is 50.3 Å². The lowest BCUT2D eigenvalue weighted by atomic mass is 10.0. The molecule has 2 rings (SSSR count). The third-order valence-electron chi connectivity index (χ3n) is 2.62. The minimum Gasteiger partial charge on any atom is -0.412 e. The van der Waals surface area contributed by atoms with Gasteiger partial charge < -0.3 is 4.42 Å². The summed E-state index contributed by atoms with van der Waals surface area (Å²) in [5.41, 5.74) is 0. The maximum absolute atomic E-state index is 5.58. The van der Waals surface area contributed by atoms with E-state index in [9.17, 15) is 0 Å². The molecule has 72 valence electrons. The molecule has 1 aromatic rings. The molecule has 0 N–H and O–H groups in total. The van der Waals surface area contributed by atoms with Crippen molar-refractivity contribution in [1.29, 1.82) is 0 Å². The van der Waals surface area contributed by atoms with Crippen LogP contribution >= 0.6 is 11.6 Å². The molecule has 1 heterocycles. The van der Waals surface area contributed by atoms with Crippen molar-refractivity contribution in [3.63, 3.8) is 0 Å². The predicted octanol–water partition coefficient (Wildman–Crippen LogP) is 3.16. The zero-order chi connectivity index (χ0) is 9.10. The van der Waals surface area contributed by atoms with E-state index in [0.29, 0.717) is 5.92 Å². The fraction of sp³-hybridized carbons (Fsp3) is 0.778. The van der Waals surface area contributed by atoms with Gasteiger partial charge in [-0.2, -0.15) is 0 Å². The maximum Gasteiger partial charge on any atom is 0.312 e. The van der Waals surface area contributed by atoms with Crippen molar-refractivity contribution in [2.24, 2.45) is 0 Å². The molecular formula is C9H13ClN2O. The Balaban J connectivity index is 2.06. The van der Waals surface area contributed by atoms with Crippen LogP contribution in [-0.2, 0) is 0 Å². The van der Waals surface area contributed by atoms with Crippen LogP contribution in [0.4, 0.5) is 0 Å². The van der Waals surface area contributed by atoms with Crippen LogP contribution in [-0.4, -0.2) is 10.2 Å². The summed E-state index contributed by atoms with van der Waals surface area (Å²) < 4.78 is 5.22. The number of hydrogen-bond acceptors (Lipinski definition) is 3. The fourth-order valence-corrected chi connectivity index (χ4v) is 2.02. The van der Waals surface area contributed by atoms with Gasteiger partial charge in [0, 0.05) is 5.92 Å². The summed E-state index contributed by atoms with van der Waals surface area (Å²) in [6.07, 6.45) is 7.53. The first-order valence-corrected chi connectivity index (χ1v) is 5.23. The van der Waals surface area contributed by atoms with Crippen molar-refractivity contribution in [1.82, 2.24) is 10.2 Å². The monoisotopic (exact) mass is 200 g/mol. The van der Waals surface area contributed by atoms with E-state index in [2.05, 4.69) is 10.2 Å². The minimum atomic E-state index is 0.166. The van der Waals surface area contributed by atoms with Crippen molar-refractivity contribution >= 4 is 11.6 Å². The third-order valence-corrected chi connectivity index (χ3v) is 2.77. The molecule has 1 aromatic heterocycles. The number of halogens is 1. The van der Waals surface area contributed by atoms with Crippen LogP contribution in [0.2, 0.25) is 5.35 Å². The van der Waals surface area contributed by atoms with Gasteiger partial charge in [0.2, 0.25) is 5.89 Å². The average molecular weight is 201 g/mol. The van der Waals surface area contributed by atoms with E-state index in [1.54, 1.807) is 0 Å². The molecule has 0 amide bonds. The Morgan fingerprint density at radius 2 is 1.77 bits per heavy atom. The molecule has 0 atom stereocenters. The van der Waals surface area contributed by atoms with Crippen LogP contribution in [0, 0.1) is 0 Å². The van der Waals surface area contributed by atoms with Crippen LogP contribution in [0.3, 0.4) is 0 Å². The van der Waals surface area contributed by atoms with E-state index in [0.717, 1.165) is 5.89 Å². The van der Waals surface area contributed by atoms with Gasteiger partial charge in [-0.1, -0.05) is 30.8 Å². The van der Waals surface area contributed by atoms with Gasteiger partial charge in [-0.25, -0.2) is 0 Å². The summed E-state index contributed by atoms with van der Waals surface area (Å²) in [7, 11) is 0. The second-order valence-corrected chi connectivity index (χ2v) is 3.91. The van der Waals surface area contributed by atoms with Gasteiger partial charge in [0.15, 0.2) is 0 Å². The smallest absolute Gasteiger partial charge is 0.312 e. The molecule has 13 heavy (non-hydrogen) atoms. The van der Waals surface area contributed by atoms with Gasteiger partial charge >= 0.3 is 5.35 Å². The van der Waals surface area contributed by atoms with E-state index in [1.165, 1.54) is 38.5 Å². The molecule has 1 fully saturated rings. The number of aromatic nitrogens is 2. The number of nitrogens with zero attached hydrogens (tertiary/aromatic N) is 2. The molecule has 1 saturated carbocycles. The highest BCUT2D eigenvalue weighted by Crippen LogP contribution is 2.31. The molecule has 0 bridgehead atoms. The Bertz CT molecular complexity index is 266. The molecule has 0 radical (unpaired) electrons. The number of hydrogen-bond donors (Lipinski definition) is 0. The Kier molecular flexibility index (Phi) is 2.83. The molecule has 3 nitrogen and oxygen atoms in total. The maximum atomic E-state index is 5.58. The Morgan fingerprint density at radius 3 is 2.31 bits per heavy atom. The molecule has 0 aliphatic heterocycles. The van der Waals surface area contributed by atoms with Crippen LogP contribution < -0.4 is 0 Å². The van der Waals surface area contributed by atoms with E-state index < -0.39 is 0 Å². The lowest BCUT2D eigenvalue weighted by Gasteiger charge is -2.06.